The molecule has 0 saturated carbocycles. The fourth-order valence-corrected chi connectivity index (χ4v) is 0.889. The van der Waals surface area contributed by atoms with Crippen molar-refractivity contribution in [2.24, 2.45) is 0 Å². The second kappa shape index (κ2) is 5.29. The Kier molecular flexibility index (Phi) is 4.03. The first-order valence-corrected chi connectivity index (χ1v) is 4.36. The largest absolute Gasteiger partial charge is 0.461 e. The van der Waals surface area contributed by atoms with Gasteiger partial charge in [0.1, 0.15) is 11.6 Å². The topological polar surface area (TPSA) is 35.5 Å². The molecule has 1 unspecified atom stereocenters. The zero-order chi connectivity index (χ0) is 11.3. The molecule has 0 aromatic heterocycles. The summed E-state index contributed by atoms with van der Waals surface area (Å²) in [5, 5.41) is 0. The van der Waals surface area contributed by atoms with Gasteiger partial charge in [-0.15, -0.1) is 0 Å². The first-order valence-electron chi connectivity index (χ1n) is 4.36. The Morgan fingerprint density at radius 2 is 2.00 bits per heavy atom. The van der Waals surface area contributed by atoms with Crippen LogP contribution in [0.4, 0.5) is 8.78 Å². The molecule has 1 atom stereocenters. The molecule has 1 aromatic carbocycles. The lowest BCUT2D eigenvalue weighted by molar-refractivity contribution is -0.159. The molecule has 0 heterocycles. The summed E-state index contributed by atoms with van der Waals surface area (Å²) in [5.41, 5.74) is 0. The molecule has 15 heavy (non-hydrogen) atoms. The molecule has 0 bridgehead atoms. The third-order valence-electron chi connectivity index (χ3n) is 1.53. The van der Waals surface area contributed by atoms with E-state index in [1.807, 2.05) is 0 Å². The van der Waals surface area contributed by atoms with Gasteiger partial charge in [-0.1, -0.05) is 0 Å². The Morgan fingerprint density at radius 3 is 2.53 bits per heavy atom. The van der Waals surface area contributed by atoms with E-state index >= 15 is 0 Å². The van der Waals surface area contributed by atoms with Crippen LogP contribution in [-0.2, 0) is 9.53 Å². The van der Waals surface area contributed by atoms with Crippen LogP contribution in [0.25, 0.3) is 0 Å². The second-order valence-corrected chi connectivity index (χ2v) is 2.64. The van der Waals surface area contributed by atoms with Crippen LogP contribution in [-0.4, -0.2) is 18.9 Å². The van der Waals surface area contributed by atoms with E-state index in [9.17, 15) is 13.6 Å². The summed E-state index contributed by atoms with van der Waals surface area (Å²) in [4.78, 5) is 10.8. The van der Waals surface area contributed by atoms with Crippen LogP contribution < -0.4 is 4.74 Å². The van der Waals surface area contributed by atoms with Crippen LogP contribution in [0.5, 0.6) is 5.75 Å². The number of halogens is 2. The van der Waals surface area contributed by atoms with Gasteiger partial charge < -0.3 is 9.47 Å². The van der Waals surface area contributed by atoms with E-state index in [2.05, 4.69) is 9.47 Å². The van der Waals surface area contributed by atoms with Gasteiger partial charge >= 0.3 is 12.3 Å². The Bertz CT molecular complexity index is 324. The highest BCUT2D eigenvalue weighted by Gasteiger charge is 2.20. The lowest BCUT2D eigenvalue weighted by Crippen LogP contribution is -2.24. The first kappa shape index (κ1) is 11.4. The van der Waals surface area contributed by atoms with E-state index < -0.39 is 18.1 Å². The fraction of sp³-hybridized carbons (Fsp3) is 0.300. The minimum atomic E-state index is -2.18. The predicted octanol–water partition coefficient (Wildman–Crippen LogP) is 2.06. The maximum Gasteiger partial charge on any atom is 0.381 e. The van der Waals surface area contributed by atoms with Crippen molar-refractivity contribution in [3.8, 4) is 5.75 Å². The van der Waals surface area contributed by atoms with Gasteiger partial charge in [0.05, 0.1) is 6.61 Å². The molecular weight excluding hydrogens is 206 g/mol. The molecule has 82 valence electrons. The average molecular weight is 216 g/mol. The summed E-state index contributed by atoms with van der Waals surface area (Å²) in [6.07, 6.45) is -2.18. The number of carbonyl (C=O) groups is 1. The zero-order valence-corrected chi connectivity index (χ0v) is 8.07. The molecular formula is C10H10F2O3. The quantitative estimate of drug-likeness (QED) is 0.722. The van der Waals surface area contributed by atoms with Crippen molar-refractivity contribution in [3.05, 3.63) is 30.1 Å². The first-order chi connectivity index (χ1) is 7.13. The van der Waals surface area contributed by atoms with Gasteiger partial charge in [0.25, 0.3) is 0 Å². The Hall–Kier alpha value is -1.65. The van der Waals surface area contributed by atoms with Crippen LogP contribution in [0.2, 0.25) is 0 Å². The van der Waals surface area contributed by atoms with Crippen LogP contribution in [0.15, 0.2) is 24.3 Å². The minimum absolute atomic E-state index is 0.0666. The van der Waals surface area contributed by atoms with Crippen molar-refractivity contribution in [2.45, 2.75) is 13.3 Å². The molecule has 5 heteroatoms. The highest BCUT2D eigenvalue weighted by atomic mass is 19.1. The van der Waals surface area contributed by atoms with Crippen LogP contribution in [0, 0.1) is 5.82 Å². The van der Waals surface area contributed by atoms with Gasteiger partial charge in [-0.3, -0.25) is 0 Å². The SMILES string of the molecule is CCOC(=O)C(F)Oc1ccc(F)cc1. The number of esters is 1. The van der Waals surface area contributed by atoms with Gasteiger partial charge in [-0.2, -0.15) is 4.39 Å². The lowest BCUT2D eigenvalue weighted by Gasteiger charge is -2.09. The van der Waals surface area contributed by atoms with Gasteiger partial charge in [-0.25, -0.2) is 9.18 Å². The number of benzene rings is 1. The third-order valence-corrected chi connectivity index (χ3v) is 1.53. The van der Waals surface area contributed by atoms with Gasteiger partial charge in [0, 0.05) is 0 Å². The molecule has 0 amide bonds. The zero-order valence-electron chi connectivity index (χ0n) is 8.07. The van der Waals surface area contributed by atoms with E-state index in [4.69, 9.17) is 0 Å². The van der Waals surface area contributed by atoms with E-state index in [0.29, 0.717) is 0 Å². The van der Waals surface area contributed by atoms with Gasteiger partial charge in [0.15, 0.2) is 0 Å². The predicted molar refractivity (Wildman–Crippen MR) is 48.6 cm³/mol. The maximum atomic E-state index is 13.0. The van der Waals surface area contributed by atoms with E-state index in [-0.39, 0.29) is 12.4 Å². The maximum absolute atomic E-state index is 13.0. The summed E-state index contributed by atoms with van der Waals surface area (Å²) in [6.45, 7) is 1.63. The minimum Gasteiger partial charge on any atom is -0.461 e. The molecule has 0 aliphatic carbocycles. The molecule has 0 aliphatic rings. The molecule has 0 fully saturated rings. The smallest absolute Gasteiger partial charge is 0.381 e. The van der Waals surface area contributed by atoms with Crippen LogP contribution in [0.3, 0.4) is 0 Å². The normalized spacial score (nSPS) is 11.9. The average Bonchev–Trinajstić information content (AvgIpc) is 2.22. The van der Waals surface area contributed by atoms with Crippen molar-refractivity contribution < 1.29 is 23.0 Å². The van der Waals surface area contributed by atoms with Crippen molar-refractivity contribution in [3.63, 3.8) is 0 Å². The number of carbonyl (C=O) groups excluding carboxylic acids is 1. The number of hydrogen-bond acceptors (Lipinski definition) is 3. The molecule has 0 radical (unpaired) electrons. The Balaban J connectivity index is 2.54. The number of ether oxygens (including phenoxy) is 2. The van der Waals surface area contributed by atoms with E-state index in [0.717, 1.165) is 12.1 Å². The van der Waals surface area contributed by atoms with Gasteiger partial charge in [-0.05, 0) is 31.2 Å². The number of rotatable bonds is 4. The summed E-state index contributed by atoms with van der Waals surface area (Å²) >= 11 is 0. The Labute approximate surface area is 85.6 Å². The lowest BCUT2D eigenvalue weighted by atomic mass is 10.3. The second-order valence-electron chi connectivity index (χ2n) is 2.64. The monoisotopic (exact) mass is 216 g/mol. The van der Waals surface area contributed by atoms with Crippen LogP contribution >= 0.6 is 0 Å². The molecule has 3 nitrogen and oxygen atoms in total. The summed E-state index contributed by atoms with van der Waals surface area (Å²) in [6, 6.07) is 4.66. The van der Waals surface area contributed by atoms with E-state index in [1.54, 1.807) is 6.92 Å². The van der Waals surface area contributed by atoms with Crippen molar-refractivity contribution >= 4 is 5.97 Å². The Morgan fingerprint density at radius 1 is 1.40 bits per heavy atom. The molecule has 0 aliphatic heterocycles. The van der Waals surface area contributed by atoms with Crippen molar-refractivity contribution in [2.75, 3.05) is 6.61 Å². The summed E-state index contributed by atoms with van der Waals surface area (Å²) < 4.78 is 34.4. The highest BCUT2D eigenvalue weighted by Crippen LogP contribution is 2.14. The van der Waals surface area contributed by atoms with Crippen LogP contribution in [0.1, 0.15) is 6.92 Å². The molecule has 1 rings (SSSR count). The molecule has 1 aromatic rings. The summed E-state index contributed by atoms with van der Waals surface area (Å²) in [7, 11) is 0. The summed E-state index contributed by atoms with van der Waals surface area (Å²) in [5.74, 6) is -1.49. The molecule has 0 saturated heterocycles. The fourth-order valence-electron chi connectivity index (χ4n) is 0.889. The van der Waals surface area contributed by atoms with Crippen molar-refractivity contribution in [1.29, 1.82) is 0 Å². The van der Waals surface area contributed by atoms with E-state index in [1.165, 1.54) is 12.1 Å². The third kappa shape index (κ3) is 3.53. The number of alkyl halides is 1. The molecule has 0 N–H and O–H groups in total. The van der Waals surface area contributed by atoms with Crippen molar-refractivity contribution in [1.82, 2.24) is 0 Å². The number of hydrogen-bond donors (Lipinski definition) is 0. The molecule has 0 spiro atoms. The van der Waals surface area contributed by atoms with Gasteiger partial charge in [0.2, 0.25) is 0 Å². The highest BCUT2D eigenvalue weighted by molar-refractivity contribution is 5.73. The standard InChI is InChI=1S/C10H10F2O3/c1-2-14-10(13)9(12)15-8-5-3-7(11)4-6-8/h3-6,9H,2H2,1H3.